The van der Waals surface area contributed by atoms with Gasteiger partial charge in [-0.2, -0.15) is 0 Å². The summed E-state index contributed by atoms with van der Waals surface area (Å²) in [5.41, 5.74) is 0.487. The van der Waals surface area contributed by atoms with E-state index in [0.717, 1.165) is 13.0 Å². The first-order valence-corrected chi connectivity index (χ1v) is 9.56. The van der Waals surface area contributed by atoms with Crippen LogP contribution in [0.1, 0.15) is 53.6 Å². The molecule has 1 N–H and O–H groups in total. The molecule has 0 spiro atoms. The number of carbonyl (C=O) groups is 2. The standard InChI is InChI=1S/C21H22ClFN2O2/c1-2-13(10-18(26)14-7-9-25-11-14)16-5-6-17(22)19(20(16)23)21(27)15-4-3-8-24-12-15/h3-6,8,12-14,25H,2,7,9-11H2,1H3/t13-,14?/m1/s1. The highest BCUT2D eigenvalue weighted by molar-refractivity contribution is 6.35. The Hall–Kier alpha value is -2.11. The number of Topliss-reactive ketones (excluding diaryl/α,β-unsaturated/α-hetero) is 1. The fraction of sp³-hybridized carbons (Fsp3) is 0.381. The molecule has 1 aromatic heterocycles. The molecule has 1 aliphatic rings. The van der Waals surface area contributed by atoms with Crippen molar-refractivity contribution < 1.29 is 14.0 Å². The van der Waals surface area contributed by atoms with Gasteiger partial charge in [0.05, 0.1) is 10.6 Å². The number of carbonyl (C=O) groups excluding carboxylic acids is 2. The van der Waals surface area contributed by atoms with E-state index in [4.69, 9.17) is 11.6 Å². The molecule has 27 heavy (non-hydrogen) atoms. The monoisotopic (exact) mass is 388 g/mol. The maximum absolute atomic E-state index is 15.3. The summed E-state index contributed by atoms with van der Waals surface area (Å²) in [5.74, 6) is -1.29. The van der Waals surface area contributed by atoms with Gasteiger partial charge in [0.25, 0.3) is 0 Å². The van der Waals surface area contributed by atoms with Crippen LogP contribution in [0, 0.1) is 11.7 Å². The lowest BCUT2D eigenvalue weighted by Crippen LogP contribution is -2.20. The van der Waals surface area contributed by atoms with Gasteiger partial charge in [-0.25, -0.2) is 4.39 Å². The van der Waals surface area contributed by atoms with Crippen LogP contribution in [0.3, 0.4) is 0 Å². The second-order valence-electron chi connectivity index (χ2n) is 6.86. The predicted molar refractivity (Wildman–Crippen MR) is 103 cm³/mol. The van der Waals surface area contributed by atoms with Crippen LogP contribution >= 0.6 is 11.6 Å². The van der Waals surface area contributed by atoms with Gasteiger partial charge in [-0.05, 0) is 49.1 Å². The summed E-state index contributed by atoms with van der Waals surface area (Å²) in [5, 5.41) is 3.24. The molecule has 1 saturated heterocycles. The van der Waals surface area contributed by atoms with E-state index in [1.54, 1.807) is 24.4 Å². The van der Waals surface area contributed by atoms with Gasteiger partial charge in [0, 0.05) is 36.8 Å². The highest BCUT2D eigenvalue weighted by Crippen LogP contribution is 2.33. The number of nitrogens with zero attached hydrogens (tertiary/aromatic N) is 1. The van der Waals surface area contributed by atoms with Gasteiger partial charge in [0.1, 0.15) is 11.6 Å². The largest absolute Gasteiger partial charge is 0.316 e. The van der Waals surface area contributed by atoms with Crippen LogP contribution in [0.2, 0.25) is 5.02 Å². The molecule has 0 aliphatic carbocycles. The molecule has 1 unspecified atom stereocenters. The van der Waals surface area contributed by atoms with Gasteiger partial charge in [-0.1, -0.05) is 24.6 Å². The van der Waals surface area contributed by atoms with E-state index in [2.05, 4.69) is 10.3 Å². The number of benzene rings is 1. The second-order valence-corrected chi connectivity index (χ2v) is 7.27. The van der Waals surface area contributed by atoms with Crippen molar-refractivity contribution in [1.82, 2.24) is 10.3 Å². The Morgan fingerprint density at radius 1 is 1.37 bits per heavy atom. The molecule has 4 nitrogen and oxygen atoms in total. The summed E-state index contributed by atoms with van der Waals surface area (Å²) in [6.45, 7) is 3.44. The summed E-state index contributed by atoms with van der Waals surface area (Å²) < 4.78 is 15.3. The summed E-state index contributed by atoms with van der Waals surface area (Å²) in [6.07, 6.45) is 4.62. The Labute approximate surface area is 163 Å². The molecule has 0 radical (unpaired) electrons. The topological polar surface area (TPSA) is 59.1 Å². The molecule has 2 heterocycles. The molecule has 0 saturated carbocycles. The van der Waals surface area contributed by atoms with Crippen LogP contribution in [0.25, 0.3) is 0 Å². The van der Waals surface area contributed by atoms with Crippen LogP contribution in [0.4, 0.5) is 4.39 Å². The molecule has 3 rings (SSSR count). The molecular formula is C21H22ClFN2O2. The zero-order valence-electron chi connectivity index (χ0n) is 15.2. The zero-order valence-corrected chi connectivity index (χ0v) is 15.9. The first-order valence-electron chi connectivity index (χ1n) is 9.19. The summed E-state index contributed by atoms with van der Waals surface area (Å²) in [7, 11) is 0. The lowest BCUT2D eigenvalue weighted by molar-refractivity contribution is -0.122. The molecule has 1 fully saturated rings. The van der Waals surface area contributed by atoms with E-state index in [0.29, 0.717) is 18.5 Å². The van der Waals surface area contributed by atoms with Crippen LogP contribution in [0.15, 0.2) is 36.7 Å². The minimum atomic E-state index is -0.638. The van der Waals surface area contributed by atoms with Crippen LogP contribution in [0.5, 0.6) is 0 Å². The average Bonchev–Trinajstić information content (AvgIpc) is 3.22. The van der Waals surface area contributed by atoms with E-state index in [1.807, 2.05) is 6.92 Å². The molecule has 6 heteroatoms. The smallest absolute Gasteiger partial charge is 0.199 e. The van der Waals surface area contributed by atoms with Gasteiger partial charge in [0.15, 0.2) is 5.78 Å². The predicted octanol–water partition coefficient (Wildman–Crippen LogP) is 4.17. The van der Waals surface area contributed by atoms with Gasteiger partial charge < -0.3 is 5.32 Å². The third-order valence-electron chi connectivity index (χ3n) is 5.17. The number of hydrogen-bond donors (Lipinski definition) is 1. The van der Waals surface area contributed by atoms with Gasteiger partial charge in [-0.3, -0.25) is 14.6 Å². The molecular weight excluding hydrogens is 367 g/mol. The fourth-order valence-electron chi connectivity index (χ4n) is 3.55. The van der Waals surface area contributed by atoms with Crippen molar-refractivity contribution in [3.8, 4) is 0 Å². The lowest BCUT2D eigenvalue weighted by Gasteiger charge is -2.19. The van der Waals surface area contributed by atoms with Crippen molar-refractivity contribution in [2.45, 2.75) is 32.1 Å². The van der Waals surface area contributed by atoms with Crippen molar-refractivity contribution in [2.75, 3.05) is 13.1 Å². The SMILES string of the molecule is CC[C@H](CC(=O)C1CCNC1)c1ccc(Cl)c(C(=O)c2cccnc2)c1F. The minimum absolute atomic E-state index is 0.00842. The maximum atomic E-state index is 15.3. The third-order valence-corrected chi connectivity index (χ3v) is 5.48. The molecule has 2 aromatic rings. The van der Waals surface area contributed by atoms with Crippen molar-refractivity contribution in [2.24, 2.45) is 5.92 Å². The van der Waals surface area contributed by atoms with E-state index >= 15 is 4.39 Å². The van der Waals surface area contributed by atoms with Crippen LogP contribution < -0.4 is 5.32 Å². The first-order chi connectivity index (χ1) is 13.0. The molecule has 1 aliphatic heterocycles. The molecule has 1 aromatic carbocycles. The number of pyridine rings is 1. The van der Waals surface area contributed by atoms with Gasteiger partial charge >= 0.3 is 0 Å². The molecule has 2 atom stereocenters. The first kappa shape index (κ1) is 19.6. The number of rotatable bonds is 7. The van der Waals surface area contributed by atoms with Crippen LogP contribution in [-0.4, -0.2) is 29.6 Å². The van der Waals surface area contributed by atoms with Crippen molar-refractivity contribution in [1.29, 1.82) is 0 Å². The number of halogens is 2. The van der Waals surface area contributed by atoms with E-state index in [-0.39, 0.29) is 40.2 Å². The highest BCUT2D eigenvalue weighted by atomic mass is 35.5. The Bertz CT molecular complexity index is 836. The van der Waals surface area contributed by atoms with E-state index in [1.165, 1.54) is 12.3 Å². The Kier molecular flexibility index (Phi) is 6.34. The van der Waals surface area contributed by atoms with Gasteiger partial charge in [-0.15, -0.1) is 0 Å². The average molecular weight is 389 g/mol. The molecule has 142 valence electrons. The Balaban J connectivity index is 1.91. The third kappa shape index (κ3) is 4.25. The van der Waals surface area contributed by atoms with E-state index in [9.17, 15) is 9.59 Å². The maximum Gasteiger partial charge on any atom is 0.199 e. The summed E-state index contributed by atoms with van der Waals surface area (Å²) in [4.78, 5) is 29.2. The highest BCUT2D eigenvalue weighted by Gasteiger charge is 2.28. The molecule has 0 bridgehead atoms. The fourth-order valence-corrected chi connectivity index (χ4v) is 3.78. The zero-order chi connectivity index (χ0) is 19.4. The summed E-state index contributed by atoms with van der Waals surface area (Å²) >= 11 is 6.15. The van der Waals surface area contributed by atoms with Gasteiger partial charge in [0.2, 0.25) is 0 Å². The van der Waals surface area contributed by atoms with Crippen molar-refractivity contribution in [3.05, 3.63) is 64.2 Å². The minimum Gasteiger partial charge on any atom is -0.316 e. The van der Waals surface area contributed by atoms with Crippen molar-refractivity contribution >= 4 is 23.2 Å². The number of aromatic nitrogens is 1. The Morgan fingerprint density at radius 3 is 2.81 bits per heavy atom. The summed E-state index contributed by atoms with van der Waals surface area (Å²) in [6, 6.07) is 6.32. The van der Waals surface area contributed by atoms with Crippen molar-refractivity contribution in [3.63, 3.8) is 0 Å². The Morgan fingerprint density at radius 2 is 2.19 bits per heavy atom. The molecule has 0 amide bonds. The normalized spacial score (nSPS) is 17.7. The lowest BCUT2D eigenvalue weighted by atomic mass is 9.85. The number of hydrogen-bond acceptors (Lipinski definition) is 4. The quantitative estimate of drug-likeness (QED) is 0.723. The van der Waals surface area contributed by atoms with Crippen LogP contribution in [-0.2, 0) is 4.79 Å². The van der Waals surface area contributed by atoms with E-state index < -0.39 is 11.6 Å². The number of nitrogens with one attached hydrogen (secondary N) is 1. The number of ketones is 2. The second kappa shape index (κ2) is 8.72.